The Hall–Kier alpha value is -1.54. The SMILES string of the molecule is C=CCn1c(SCC(=O)NC2CCCCCC2)nnc1-c1ccc(Br)o1. The van der Waals surface area contributed by atoms with E-state index in [9.17, 15) is 4.79 Å². The lowest BCUT2D eigenvalue weighted by atomic mass is 10.1. The summed E-state index contributed by atoms with van der Waals surface area (Å²) >= 11 is 4.69. The van der Waals surface area contributed by atoms with Crippen molar-refractivity contribution in [2.45, 2.75) is 56.3 Å². The summed E-state index contributed by atoms with van der Waals surface area (Å²) < 4.78 is 8.12. The number of halogens is 1. The third-order valence-electron chi connectivity index (χ3n) is 4.37. The van der Waals surface area contributed by atoms with Crippen LogP contribution in [-0.2, 0) is 11.3 Å². The highest BCUT2D eigenvalue weighted by Crippen LogP contribution is 2.27. The molecule has 0 radical (unpaired) electrons. The molecule has 1 amide bonds. The Labute approximate surface area is 165 Å². The van der Waals surface area contributed by atoms with E-state index in [1.54, 1.807) is 6.08 Å². The molecule has 0 atom stereocenters. The highest BCUT2D eigenvalue weighted by molar-refractivity contribution is 9.10. The first-order valence-electron chi connectivity index (χ1n) is 8.89. The second kappa shape index (κ2) is 9.41. The zero-order valence-electron chi connectivity index (χ0n) is 14.6. The number of furan rings is 1. The van der Waals surface area contributed by atoms with Crippen molar-refractivity contribution in [3.63, 3.8) is 0 Å². The van der Waals surface area contributed by atoms with Gasteiger partial charge >= 0.3 is 0 Å². The monoisotopic (exact) mass is 438 g/mol. The maximum atomic E-state index is 12.3. The third-order valence-corrected chi connectivity index (χ3v) is 5.77. The molecule has 0 aromatic carbocycles. The van der Waals surface area contributed by atoms with Gasteiger partial charge in [0.25, 0.3) is 0 Å². The molecule has 2 aromatic rings. The summed E-state index contributed by atoms with van der Waals surface area (Å²) in [5, 5.41) is 12.3. The number of allylic oxidation sites excluding steroid dienone is 1. The molecule has 0 bridgehead atoms. The molecule has 0 saturated heterocycles. The molecule has 6 nitrogen and oxygen atoms in total. The standard InChI is InChI=1S/C18H23BrN4O2S/c1-2-11-23-17(14-9-10-15(19)25-14)21-22-18(23)26-12-16(24)20-13-7-5-3-4-6-8-13/h2,9-10,13H,1,3-8,11-12H2,(H,20,24). The largest absolute Gasteiger partial charge is 0.446 e. The van der Waals surface area contributed by atoms with Crippen LogP contribution in [0.1, 0.15) is 38.5 Å². The molecule has 1 fully saturated rings. The number of rotatable bonds is 7. The summed E-state index contributed by atoms with van der Waals surface area (Å²) in [6.45, 7) is 4.34. The fourth-order valence-corrected chi connectivity index (χ4v) is 4.19. The van der Waals surface area contributed by atoms with Gasteiger partial charge in [0.05, 0.1) is 5.75 Å². The summed E-state index contributed by atoms with van der Waals surface area (Å²) in [6, 6.07) is 3.96. The van der Waals surface area contributed by atoms with Crippen molar-refractivity contribution >= 4 is 33.6 Å². The lowest BCUT2D eigenvalue weighted by molar-refractivity contribution is -0.119. The summed E-state index contributed by atoms with van der Waals surface area (Å²) in [4.78, 5) is 12.3. The van der Waals surface area contributed by atoms with Crippen molar-refractivity contribution in [3.8, 4) is 11.6 Å². The quantitative estimate of drug-likeness (QED) is 0.393. The minimum Gasteiger partial charge on any atom is -0.446 e. The number of thioether (sulfide) groups is 1. The predicted molar refractivity (Wildman–Crippen MR) is 106 cm³/mol. The lowest BCUT2D eigenvalue weighted by Crippen LogP contribution is -2.35. The first-order valence-corrected chi connectivity index (χ1v) is 10.7. The van der Waals surface area contributed by atoms with Crippen LogP contribution in [0.3, 0.4) is 0 Å². The molecule has 1 saturated carbocycles. The van der Waals surface area contributed by atoms with E-state index in [2.05, 4.69) is 38.0 Å². The summed E-state index contributed by atoms with van der Waals surface area (Å²) in [6.07, 6.45) is 8.90. The zero-order chi connectivity index (χ0) is 18.4. The fourth-order valence-electron chi connectivity index (χ4n) is 3.13. The van der Waals surface area contributed by atoms with Crippen LogP contribution in [0.5, 0.6) is 0 Å². The van der Waals surface area contributed by atoms with Gasteiger partial charge in [-0.2, -0.15) is 0 Å². The first-order chi connectivity index (χ1) is 12.7. The van der Waals surface area contributed by atoms with Gasteiger partial charge in [-0.05, 0) is 40.9 Å². The minimum absolute atomic E-state index is 0.0531. The Balaban J connectivity index is 1.62. The van der Waals surface area contributed by atoms with Gasteiger partial charge in [-0.3, -0.25) is 9.36 Å². The van der Waals surface area contributed by atoms with Crippen molar-refractivity contribution in [3.05, 3.63) is 29.5 Å². The van der Waals surface area contributed by atoms with Crippen molar-refractivity contribution in [1.29, 1.82) is 0 Å². The molecule has 1 N–H and O–H groups in total. The molecule has 2 heterocycles. The maximum absolute atomic E-state index is 12.3. The first kappa shape index (κ1) is 19.2. The molecule has 0 unspecified atom stereocenters. The molecule has 0 aliphatic heterocycles. The second-order valence-corrected chi connectivity index (χ2v) is 8.08. The van der Waals surface area contributed by atoms with E-state index in [0.717, 1.165) is 12.8 Å². The van der Waals surface area contributed by atoms with E-state index < -0.39 is 0 Å². The van der Waals surface area contributed by atoms with Crippen molar-refractivity contribution in [1.82, 2.24) is 20.1 Å². The molecule has 140 valence electrons. The van der Waals surface area contributed by atoms with Gasteiger partial charge in [-0.25, -0.2) is 0 Å². The molecule has 26 heavy (non-hydrogen) atoms. The number of aromatic nitrogens is 3. The van der Waals surface area contributed by atoms with E-state index in [1.807, 2.05) is 16.7 Å². The maximum Gasteiger partial charge on any atom is 0.230 e. The number of hydrogen-bond acceptors (Lipinski definition) is 5. The van der Waals surface area contributed by atoms with E-state index in [1.165, 1.54) is 37.4 Å². The number of carbonyl (C=O) groups excluding carboxylic acids is 1. The number of carbonyl (C=O) groups is 1. The van der Waals surface area contributed by atoms with Gasteiger partial charge in [0, 0.05) is 12.6 Å². The topological polar surface area (TPSA) is 73.0 Å². The number of amides is 1. The third kappa shape index (κ3) is 5.01. The smallest absolute Gasteiger partial charge is 0.230 e. The number of nitrogens with zero attached hydrogens (tertiary/aromatic N) is 3. The van der Waals surface area contributed by atoms with Gasteiger partial charge in [-0.15, -0.1) is 16.8 Å². The zero-order valence-corrected chi connectivity index (χ0v) is 17.0. The normalized spacial score (nSPS) is 15.6. The second-order valence-electron chi connectivity index (χ2n) is 6.35. The molecule has 0 spiro atoms. The molecule has 8 heteroatoms. The molecular formula is C18H23BrN4O2S. The average molecular weight is 439 g/mol. The molecule has 1 aliphatic rings. The van der Waals surface area contributed by atoms with Crippen LogP contribution in [0.15, 0.2) is 39.0 Å². The molecular weight excluding hydrogens is 416 g/mol. The van der Waals surface area contributed by atoms with Crippen LogP contribution in [0.25, 0.3) is 11.6 Å². The predicted octanol–water partition coefficient (Wildman–Crippen LogP) is 4.42. The van der Waals surface area contributed by atoms with Gasteiger partial charge in [0.2, 0.25) is 11.7 Å². The van der Waals surface area contributed by atoms with Crippen LogP contribution in [0, 0.1) is 0 Å². The van der Waals surface area contributed by atoms with E-state index in [-0.39, 0.29) is 5.91 Å². The fraction of sp³-hybridized carbons (Fsp3) is 0.500. The van der Waals surface area contributed by atoms with Crippen molar-refractivity contribution < 1.29 is 9.21 Å². The van der Waals surface area contributed by atoms with Crippen LogP contribution in [0.4, 0.5) is 0 Å². The van der Waals surface area contributed by atoms with Crippen molar-refractivity contribution in [2.24, 2.45) is 0 Å². The highest BCUT2D eigenvalue weighted by Gasteiger charge is 2.19. The lowest BCUT2D eigenvalue weighted by Gasteiger charge is -2.15. The van der Waals surface area contributed by atoms with Crippen LogP contribution >= 0.6 is 27.7 Å². The summed E-state index contributed by atoms with van der Waals surface area (Å²) in [5.41, 5.74) is 0. The average Bonchev–Trinajstić information content (AvgIpc) is 3.13. The van der Waals surface area contributed by atoms with E-state index >= 15 is 0 Å². The van der Waals surface area contributed by atoms with Gasteiger partial charge < -0.3 is 9.73 Å². The molecule has 3 rings (SSSR count). The Kier molecular flexibility index (Phi) is 6.96. The van der Waals surface area contributed by atoms with Crippen LogP contribution in [0.2, 0.25) is 0 Å². The number of nitrogens with one attached hydrogen (secondary N) is 1. The van der Waals surface area contributed by atoms with Gasteiger partial charge in [0.15, 0.2) is 15.6 Å². The van der Waals surface area contributed by atoms with E-state index in [0.29, 0.717) is 39.8 Å². The summed E-state index contributed by atoms with van der Waals surface area (Å²) in [7, 11) is 0. The van der Waals surface area contributed by atoms with Gasteiger partial charge in [-0.1, -0.05) is 43.5 Å². The summed E-state index contributed by atoms with van der Waals surface area (Å²) in [5.74, 6) is 1.63. The highest BCUT2D eigenvalue weighted by atomic mass is 79.9. The Morgan fingerprint density at radius 3 is 2.77 bits per heavy atom. The van der Waals surface area contributed by atoms with Crippen LogP contribution in [-0.4, -0.2) is 32.5 Å². The Morgan fingerprint density at radius 1 is 1.35 bits per heavy atom. The van der Waals surface area contributed by atoms with Crippen LogP contribution < -0.4 is 5.32 Å². The Bertz CT molecular complexity index is 750. The molecule has 1 aliphatic carbocycles. The Morgan fingerprint density at radius 2 is 2.12 bits per heavy atom. The number of hydrogen-bond donors (Lipinski definition) is 1. The van der Waals surface area contributed by atoms with E-state index in [4.69, 9.17) is 4.42 Å². The minimum atomic E-state index is 0.0531. The van der Waals surface area contributed by atoms with Crippen molar-refractivity contribution in [2.75, 3.05) is 5.75 Å². The van der Waals surface area contributed by atoms with Gasteiger partial charge in [0.1, 0.15) is 0 Å². The molecule has 2 aromatic heterocycles.